The van der Waals surface area contributed by atoms with Crippen molar-refractivity contribution >= 4 is 11.7 Å². The number of nitrogens with two attached hydrogens (primary N) is 1. The van der Waals surface area contributed by atoms with E-state index in [-0.39, 0.29) is 17.9 Å². The molecule has 1 atom stereocenters. The quantitative estimate of drug-likeness (QED) is 0.780. The summed E-state index contributed by atoms with van der Waals surface area (Å²) in [6.07, 6.45) is 2.98. The van der Waals surface area contributed by atoms with Gasteiger partial charge >= 0.3 is 0 Å². The molecular formula is C18H24N4O2. The number of hydrogen-bond acceptors (Lipinski definition) is 4. The molecule has 4 N–H and O–H groups in total. The molecule has 128 valence electrons. The maximum Gasteiger partial charge on any atom is 0.271 e. The second-order valence-electron chi connectivity index (χ2n) is 6.43. The van der Waals surface area contributed by atoms with Crippen LogP contribution >= 0.6 is 0 Å². The van der Waals surface area contributed by atoms with E-state index in [9.17, 15) is 9.90 Å². The van der Waals surface area contributed by atoms with E-state index < -0.39 is 0 Å². The summed E-state index contributed by atoms with van der Waals surface area (Å²) < 4.78 is 0. The molecule has 2 aromatic rings. The van der Waals surface area contributed by atoms with E-state index in [0.29, 0.717) is 24.6 Å². The lowest BCUT2D eigenvalue weighted by molar-refractivity contribution is 0.0433. The van der Waals surface area contributed by atoms with Crippen LogP contribution in [0.2, 0.25) is 0 Å². The first-order chi connectivity index (χ1) is 11.6. The van der Waals surface area contributed by atoms with Crippen LogP contribution in [0.1, 0.15) is 35.3 Å². The van der Waals surface area contributed by atoms with Crippen molar-refractivity contribution in [3.05, 3.63) is 47.7 Å². The number of aromatic amines is 1. The van der Waals surface area contributed by atoms with Gasteiger partial charge in [0.1, 0.15) is 11.5 Å². The van der Waals surface area contributed by atoms with E-state index in [2.05, 4.69) is 22.3 Å². The summed E-state index contributed by atoms with van der Waals surface area (Å²) in [5.41, 5.74) is 7.22. The fourth-order valence-electron chi connectivity index (χ4n) is 3.30. The number of nitrogen functional groups attached to an aromatic ring is 1. The fourth-order valence-corrected chi connectivity index (χ4v) is 3.30. The highest BCUT2D eigenvalue weighted by molar-refractivity contribution is 5.93. The zero-order chi connectivity index (χ0) is 16.9. The number of aliphatic hydroxyl groups excluding tert-OH is 1. The molecule has 3 rings (SSSR count). The third kappa shape index (κ3) is 3.94. The lowest BCUT2D eigenvalue weighted by atomic mass is 9.88. The molecule has 0 spiro atoms. The predicted molar refractivity (Wildman–Crippen MR) is 92.4 cm³/mol. The molecule has 6 nitrogen and oxygen atoms in total. The van der Waals surface area contributed by atoms with Crippen LogP contribution in [0, 0.1) is 5.92 Å². The van der Waals surface area contributed by atoms with E-state index >= 15 is 0 Å². The molecule has 1 amide bonds. The van der Waals surface area contributed by atoms with Crippen molar-refractivity contribution in [2.45, 2.75) is 31.8 Å². The highest BCUT2D eigenvalue weighted by Crippen LogP contribution is 2.24. The molecule has 2 heterocycles. The van der Waals surface area contributed by atoms with Gasteiger partial charge in [-0.3, -0.25) is 9.89 Å². The van der Waals surface area contributed by atoms with Gasteiger partial charge in [0, 0.05) is 19.2 Å². The first kappa shape index (κ1) is 16.5. The highest BCUT2D eigenvalue weighted by atomic mass is 16.3. The number of nitrogens with zero attached hydrogens (tertiary/aromatic N) is 2. The van der Waals surface area contributed by atoms with Gasteiger partial charge in [0.05, 0.1) is 6.10 Å². The maximum atomic E-state index is 12.3. The van der Waals surface area contributed by atoms with Gasteiger partial charge in [-0.1, -0.05) is 30.3 Å². The van der Waals surface area contributed by atoms with Crippen molar-refractivity contribution in [2.75, 3.05) is 18.8 Å². The van der Waals surface area contributed by atoms with Crippen molar-refractivity contribution in [3.63, 3.8) is 0 Å². The Labute approximate surface area is 141 Å². The minimum absolute atomic E-state index is 0.0728. The molecular weight excluding hydrogens is 304 g/mol. The van der Waals surface area contributed by atoms with Crippen LogP contribution in [0.15, 0.2) is 36.4 Å². The molecule has 1 fully saturated rings. The minimum atomic E-state index is -0.315. The Morgan fingerprint density at radius 1 is 1.33 bits per heavy atom. The Kier molecular flexibility index (Phi) is 5.15. The van der Waals surface area contributed by atoms with E-state index in [1.807, 2.05) is 18.2 Å². The van der Waals surface area contributed by atoms with Crippen LogP contribution in [-0.2, 0) is 6.42 Å². The van der Waals surface area contributed by atoms with Crippen LogP contribution in [-0.4, -0.2) is 45.3 Å². The molecule has 1 aromatic carbocycles. The average Bonchev–Trinajstić information content (AvgIpc) is 3.06. The third-order valence-electron chi connectivity index (χ3n) is 4.77. The number of aryl methyl sites for hydroxylation is 1. The number of rotatable bonds is 5. The molecule has 0 aliphatic carbocycles. The normalized spacial score (nSPS) is 17.0. The standard InChI is InChI=1S/C18H24N4O2/c19-17-12-15(20-21-17)18(24)22-10-8-14(9-11-22)16(23)7-6-13-4-2-1-3-5-13/h1-5,12,14,16,23H,6-11H2,(H3,19,20,21). The summed E-state index contributed by atoms with van der Waals surface area (Å²) >= 11 is 0. The number of piperidine rings is 1. The molecule has 0 saturated carbocycles. The van der Waals surface area contributed by atoms with E-state index in [4.69, 9.17) is 5.73 Å². The molecule has 1 saturated heterocycles. The van der Waals surface area contributed by atoms with E-state index in [0.717, 1.165) is 25.7 Å². The number of H-pyrrole nitrogens is 1. The summed E-state index contributed by atoms with van der Waals surface area (Å²) in [7, 11) is 0. The van der Waals surface area contributed by atoms with Gasteiger partial charge in [-0.15, -0.1) is 0 Å². The number of aliphatic hydroxyl groups is 1. The molecule has 1 aliphatic rings. The summed E-state index contributed by atoms with van der Waals surface area (Å²) in [5.74, 6) is 0.505. The summed E-state index contributed by atoms with van der Waals surface area (Å²) in [5, 5.41) is 16.9. The van der Waals surface area contributed by atoms with Gasteiger partial charge in [0.2, 0.25) is 0 Å². The van der Waals surface area contributed by atoms with Gasteiger partial charge < -0.3 is 15.7 Å². The Hall–Kier alpha value is -2.34. The van der Waals surface area contributed by atoms with Crippen LogP contribution in [0.25, 0.3) is 0 Å². The van der Waals surface area contributed by atoms with Gasteiger partial charge in [0.15, 0.2) is 0 Å². The Bertz CT molecular complexity index is 663. The van der Waals surface area contributed by atoms with Crippen LogP contribution < -0.4 is 5.73 Å². The number of carbonyl (C=O) groups is 1. The zero-order valence-corrected chi connectivity index (χ0v) is 13.7. The first-order valence-electron chi connectivity index (χ1n) is 8.45. The number of nitrogens with one attached hydrogen (secondary N) is 1. The average molecular weight is 328 g/mol. The lowest BCUT2D eigenvalue weighted by Crippen LogP contribution is -2.41. The second-order valence-corrected chi connectivity index (χ2v) is 6.43. The molecule has 0 bridgehead atoms. The number of likely N-dealkylation sites (tertiary alicyclic amines) is 1. The zero-order valence-electron chi connectivity index (χ0n) is 13.7. The molecule has 1 aromatic heterocycles. The number of carbonyl (C=O) groups excluding carboxylic acids is 1. The summed E-state index contributed by atoms with van der Waals surface area (Å²) in [4.78, 5) is 14.1. The Morgan fingerprint density at radius 2 is 2.04 bits per heavy atom. The molecule has 1 aliphatic heterocycles. The first-order valence-corrected chi connectivity index (χ1v) is 8.45. The number of benzene rings is 1. The van der Waals surface area contributed by atoms with E-state index in [1.54, 1.807) is 11.0 Å². The van der Waals surface area contributed by atoms with Crippen molar-refractivity contribution in [1.29, 1.82) is 0 Å². The monoisotopic (exact) mass is 328 g/mol. The highest BCUT2D eigenvalue weighted by Gasteiger charge is 2.28. The minimum Gasteiger partial charge on any atom is -0.393 e. The van der Waals surface area contributed by atoms with Crippen molar-refractivity contribution in [2.24, 2.45) is 5.92 Å². The molecule has 6 heteroatoms. The molecule has 24 heavy (non-hydrogen) atoms. The maximum absolute atomic E-state index is 12.3. The Morgan fingerprint density at radius 3 is 2.67 bits per heavy atom. The molecule has 1 unspecified atom stereocenters. The topological polar surface area (TPSA) is 95.2 Å². The summed E-state index contributed by atoms with van der Waals surface area (Å²) in [6, 6.07) is 11.8. The van der Waals surface area contributed by atoms with Crippen LogP contribution in [0.4, 0.5) is 5.82 Å². The van der Waals surface area contributed by atoms with Crippen molar-refractivity contribution in [1.82, 2.24) is 15.1 Å². The lowest BCUT2D eigenvalue weighted by Gasteiger charge is -2.34. The molecule has 0 radical (unpaired) electrons. The van der Waals surface area contributed by atoms with Gasteiger partial charge in [-0.25, -0.2) is 0 Å². The van der Waals surface area contributed by atoms with Crippen molar-refractivity contribution in [3.8, 4) is 0 Å². The van der Waals surface area contributed by atoms with Gasteiger partial charge in [0.25, 0.3) is 5.91 Å². The van der Waals surface area contributed by atoms with Crippen LogP contribution in [0.3, 0.4) is 0 Å². The Balaban J connectivity index is 1.46. The van der Waals surface area contributed by atoms with Crippen molar-refractivity contribution < 1.29 is 9.90 Å². The largest absolute Gasteiger partial charge is 0.393 e. The predicted octanol–water partition coefficient (Wildman–Crippen LogP) is 1.84. The van der Waals surface area contributed by atoms with E-state index in [1.165, 1.54) is 5.56 Å². The SMILES string of the molecule is Nc1cc(C(=O)N2CCC(C(O)CCc3ccccc3)CC2)[nH]n1. The van der Waals surface area contributed by atoms with Crippen LogP contribution in [0.5, 0.6) is 0 Å². The fraction of sp³-hybridized carbons (Fsp3) is 0.444. The third-order valence-corrected chi connectivity index (χ3v) is 4.77. The smallest absolute Gasteiger partial charge is 0.271 e. The summed E-state index contributed by atoms with van der Waals surface area (Å²) in [6.45, 7) is 1.32. The van der Waals surface area contributed by atoms with Gasteiger partial charge in [-0.2, -0.15) is 5.10 Å². The number of amides is 1. The second kappa shape index (κ2) is 7.49. The number of aromatic nitrogens is 2. The number of anilines is 1. The number of hydrogen-bond donors (Lipinski definition) is 3. The van der Waals surface area contributed by atoms with Gasteiger partial charge in [-0.05, 0) is 37.2 Å².